The van der Waals surface area contributed by atoms with Gasteiger partial charge in [-0.15, -0.1) is 0 Å². The number of nitrogens with one attached hydrogen (secondary N) is 3. The predicted octanol–water partition coefficient (Wildman–Crippen LogP) is 5.42. The maximum atomic E-state index is 11.4. The third-order valence-corrected chi connectivity index (χ3v) is 6.17. The first-order chi connectivity index (χ1) is 14.4. The summed E-state index contributed by atoms with van der Waals surface area (Å²) in [5, 5.41) is 14.8. The number of halogens is 1. The summed E-state index contributed by atoms with van der Waals surface area (Å²) >= 11 is 12.9. The van der Waals surface area contributed by atoms with E-state index in [1.807, 2.05) is 67.6 Å². The normalized spacial score (nSPS) is 16.0. The van der Waals surface area contributed by atoms with Gasteiger partial charge in [-0.2, -0.15) is 0 Å². The maximum absolute atomic E-state index is 11.4. The molecule has 2 aromatic rings. The van der Waals surface area contributed by atoms with Crippen LogP contribution in [0.3, 0.4) is 0 Å². The standard InChI is InChI=1S/C22H20ClN3O2S2/c1-13-19(25-21(29)26-22(27)28-2)18(24)12-17(14-8-10-15(23)11-9-14)20(13)30-16-6-4-3-5-7-16/h3-12,19,24H,1-2H3,(H2,25,26,27,29). The van der Waals surface area contributed by atoms with E-state index >= 15 is 0 Å². The van der Waals surface area contributed by atoms with Gasteiger partial charge < -0.3 is 15.5 Å². The highest BCUT2D eigenvalue weighted by atomic mass is 35.5. The van der Waals surface area contributed by atoms with E-state index in [0.717, 1.165) is 26.5 Å². The van der Waals surface area contributed by atoms with Gasteiger partial charge in [0.2, 0.25) is 0 Å². The molecule has 0 saturated carbocycles. The number of carbonyl (C=O) groups excluding carboxylic acids is 1. The largest absolute Gasteiger partial charge is 0.453 e. The van der Waals surface area contributed by atoms with Crippen molar-refractivity contribution in [2.45, 2.75) is 17.9 Å². The van der Waals surface area contributed by atoms with Crippen molar-refractivity contribution in [1.29, 1.82) is 5.41 Å². The van der Waals surface area contributed by atoms with Crippen LogP contribution in [0.1, 0.15) is 12.5 Å². The highest BCUT2D eigenvalue weighted by Crippen LogP contribution is 2.42. The summed E-state index contributed by atoms with van der Waals surface area (Å²) in [4.78, 5) is 13.5. The van der Waals surface area contributed by atoms with Gasteiger partial charge in [0.05, 0.1) is 18.9 Å². The van der Waals surface area contributed by atoms with E-state index in [0.29, 0.717) is 10.7 Å². The Morgan fingerprint density at radius 2 is 1.83 bits per heavy atom. The number of allylic oxidation sites excluding steroid dienone is 1. The van der Waals surface area contributed by atoms with E-state index in [9.17, 15) is 4.79 Å². The molecule has 0 aromatic heterocycles. The quantitative estimate of drug-likeness (QED) is 0.534. The van der Waals surface area contributed by atoms with Gasteiger partial charge in [0.25, 0.3) is 0 Å². The maximum Gasteiger partial charge on any atom is 0.413 e. The van der Waals surface area contributed by atoms with Crippen LogP contribution in [0, 0.1) is 5.41 Å². The van der Waals surface area contributed by atoms with E-state index in [-0.39, 0.29) is 5.11 Å². The molecule has 30 heavy (non-hydrogen) atoms. The van der Waals surface area contributed by atoms with Crippen LogP contribution in [0.5, 0.6) is 0 Å². The van der Waals surface area contributed by atoms with Crippen LogP contribution in [0.4, 0.5) is 4.79 Å². The van der Waals surface area contributed by atoms with Crippen LogP contribution in [0.25, 0.3) is 5.57 Å². The third kappa shape index (κ3) is 5.30. The zero-order chi connectivity index (χ0) is 21.7. The van der Waals surface area contributed by atoms with Gasteiger partial charge in [-0.25, -0.2) is 4.79 Å². The number of alkyl carbamates (subject to hydrolysis) is 1. The second kappa shape index (κ2) is 9.93. The van der Waals surface area contributed by atoms with E-state index in [1.54, 1.807) is 11.8 Å². The molecule has 3 rings (SSSR count). The Balaban J connectivity index is 1.97. The van der Waals surface area contributed by atoms with Crippen LogP contribution in [0.2, 0.25) is 5.02 Å². The highest BCUT2D eigenvalue weighted by Gasteiger charge is 2.28. The molecule has 1 unspecified atom stereocenters. The second-order valence-electron chi connectivity index (χ2n) is 6.47. The van der Waals surface area contributed by atoms with Gasteiger partial charge in [0.15, 0.2) is 5.11 Å². The zero-order valence-electron chi connectivity index (χ0n) is 16.4. The van der Waals surface area contributed by atoms with Crippen LogP contribution in [0.15, 0.2) is 76.0 Å². The van der Waals surface area contributed by atoms with E-state index < -0.39 is 12.1 Å². The van der Waals surface area contributed by atoms with Gasteiger partial charge in [0, 0.05) is 14.8 Å². The number of rotatable bonds is 4. The summed E-state index contributed by atoms with van der Waals surface area (Å²) in [6, 6.07) is 17.1. The van der Waals surface area contributed by atoms with Gasteiger partial charge >= 0.3 is 6.09 Å². The van der Waals surface area contributed by atoms with Gasteiger partial charge in [0.1, 0.15) is 0 Å². The molecule has 3 N–H and O–H groups in total. The lowest BCUT2D eigenvalue weighted by Gasteiger charge is -2.29. The Kier molecular flexibility index (Phi) is 7.31. The molecule has 5 nitrogen and oxygen atoms in total. The fourth-order valence-electron chi connectivity index (χ4n) is 2.96. The molecule has 0 bridgehead atoms. The Hall–Kier alpha value is -2.61. The van der Waals surface area contributed by atoms with Crippen LogP contribution < -0.4 is 10.6 Å². The zero-order valence-corrected chi connectivity index (χ0v) is 18.8. The molecule has 0 aliphatic heterocycles. The summed E-state index contributed by atoms with van der Waals surface area (Å²) in [7, 11) is 1.27. The molecule has 0 radical (unpaired) electrons. The van der Waals surface area contributed by atoms with Crippen molar-refractivity contribution in [3.05, 3.63) is 81.7 Å². The van der Waals surface area contributed by atoms with Gasteiger partial charge in [-0.05, 0) is 66.2 Å². The average molecular weight is 458 g/mol. The van der Waals surface area contributed by atoms with Gasteiger partial charge in [-0.1, -0.05) is 53.7 Å². The predicted molar refractivity (Wildman–Crippen MR) is 127 cm³/mol. The van der Waals surface area contributed by atoms with E-state index in [1.165, 1.54) is 7.11 Å². The molecular formula is C22H20ClN3O2S2. The number of methoxy groups -OCH3 is 1. The average Bonchev–Trinajstić information content (AvgIpc) is 2.74. The number of benzene rings is 2. The number of amides is 1. The minimum Gasteiger partial charge on any atom is -0.453 e. The smallest absolute Gasteiger partial charge is 0.413 e. The van der Waals surface area contributed by atoms with Crippen molar-refractivity contribution < 1.29 is 9.53 Å². The number of hydrogen-bond acceptors (Lipinski definition) is 5. The van der Waals surface area contributed by atoms with E-state index in [4.69, 9.17) is 29.2 Å². The molecule has 154 valence electrons. The molecule has 8 heteroatoms. The van der Waals surface area contributed by atoms with E-state index in [2.05, 4.69) is 15.4 Å². The number of thiocarbonyl (C=S) groups is 1. The molecule has 2 aromatic carbocycles. The number of carbonyl (C=O) groups is 1. The van der Waals surface area contributed by atoms with Crippen molar-refractivity contribution in [2.24, 2.45) is 0 Å². The molecule has 0 saturated heterocycles. The lowest BCUT2D eigenvalue weighted by atomic mass is 9.90. The second-order valence-corrected chi connectivity index (χ2v) is 8.40. The lowest BCUT2D eigenvalue weighted by Crippen LogP contribution is -2.48. The Morgan fingerprint density at radius 1 is 1.17 bits per heavy atom. The van der Waals surface area contributed by atoms with Crippen molar-refractivity contribution in [2.75, 3.05) is 7.11 Å². The fourth-order valence-corrected chi connectivity index (χ4v) is 4.39. The van der Waals surface area contributed by atoms with Gasteiger partial charge in [-0.3, -0.25) is 5.32 Å². The van der Waals surface area contributed by atoms with Crippen molar-refractivity contribution in [3.63, 3.8) is 0 Å². The Labute approximate surface area is 190 Å². The number of hydrogen-bond donors (Lipinski definition) is 3. The summed E-state index contributed by atoms with van der Waals surface area (Å²) in [6.07, 6.45) is 1.16. The first-order valence-corrected chi connectivity index (χ1v) is 10.6. The first kappa shape index (κ1) is 22.1. The molecular weight excluding hydrogens is 438 g/mol. The Bertz CT molecular complexity index is 1030. The molecule has 0 heterocycles. The summed E-state index contributed by atoms with van der Waals surface area (Å²) in [5.74, 6) is 0. The summed E-state index contributed by atoms with van der Waals surface area (Å²) in [6.45, 7) is 1.96. The molecule has 0 fully saturated rings. The molecule has 1 aliphatic carbocycles. The Morgan fingerprint density at radius 3 is 2.47 bits per heavy atom. The number of thioether (sulfide) groups is 1. The van der Waals surface area contributed by atoms with Crippen LogP contribution >= 0.6 is 35.6 Å². The summed E-state index contributed by atoms with van der Waals surface area (Å²) < 4.78 is 4.58. The molecule has 1 atom stereocenters. The lowest BCUT2D eigenvalue weighted by molar-refractivity contribution is 0.176. The topological polar surface area (TPSA) is 74.2 Å². The fraction of sp³-hybridized carbons (Fsp3) is 0.136. The van der Waals surface area contributed by atoms with Crippen LogP contribution in [-0.4, -0.2) is 30.1 Å². The van der Waals surface area contributed by atoms with Crippen molar-refractivity contribution >= 4 is 58.1 Å². The third-order valence-electron chi connectivity index (χ3n) is 4.44. The van der Waals surface area contributed by atoms with Crippen molar-refractivity contribution in [1.82, 2.24) is 10.6 Å². The number of ether oxygens (including phenoxy) is 1. The molecule has 1 amide bonds. The summed E-state index contributed by atoms with van der Waals surface area (Å²) in [5.41, 5.74) is 3.17. The molecule has 1 aliphatic rings. The monoisotopic (exact) mass is 457 g/mol. The van der Waals surface area contributed by atoms with Crippen LogP contribution in [-0.2, 0) is 4.74 Å². The minimum atomic E-state index is -0.659. The van der Waals surface area contributed by atoms with Crippen molar-refractivity contribution in [3.8, 4) is 0 Å². The first-order valence-electron chi connectivity index (χ1n) is 9.04. The minimum absolute atomic E-state index is 0.100. The molecule has 0 spiro atoms. The highest BCUT2D eigenvalue weighted by molar-refractivity contribution is 8.03. The SMILES string of the molecule is COC(=O)NC(=S)NC1C(=N)C=C(c2ccc(Cl)cc2)C(Sc2ccccc2)=C1C.